The number of rotatable bonds is 10. The average molecular weight is 943 g/mol. The highest BCUT2D eigenvalue weighted by atomic mass is 19.4. The Morgan fingerprint density at radius 2 is 1.43 bits per heavy atom. The zero-order chi connectivity index (χ0) is 48.3. The Kier molecular flexibility index (Phi) is 12.3. The SMILES string of the molecule is Cc1cc(C(F)(F)F)cc(CCCNc2c(F)c(N)c3c(=O)c(C)cn4c3c2OCC42CCOC2)n1.Cc1cn2c3c(c(NC(C)CCc4ccccn4)c(F)c(N)c3c1=O)OCC21CCCC1. The van der Waals surface area contributed by atoms with Crippen LogP contribution in [-0.2, 0) is 34.8 Å². The van der Waals surface area contributed by atoms with Crippen molar-refractivity contribution < 1.29 is 36.2 Å². The third kappa shape index (κ3) is 8.23. The van der Waals surface area contributed by atoms with E-state index in [-0.39, 0.29) is 87.0 Å². The largest absolute Gasteiger partial charge is 0.487 e. The van der Waals surface area contributed by atoms with Gasteiger partial charge >= 0.3 is 6.18 Å². The number of halogens is 5. The average Bonchev–Trinajstić information content (AvgIpc) is 3.99. The van der Waals surface area contributed by atoms with E-state index in [0.717, 1.165) is 56.4 Å². The van der Waals surface area contributed by atoms with Crippen LogP contribution in [0.5, 0.6) is 11.5 Å². The van der Waals surface area contributed by atoms with E-state index in [1.807, 2.05) is 35.9 Å². The van der Waals surface area contributed by atoms with Crippen LogP contribution in [0.1, 0.15) is 85.6 Å². The first kappa shape index (κ1) is 46.7. The number of nitrogens with two attached hydrogens (primary N) is 2. The van der Waals surface area contributed by atoms with Crippen LogP contribution in [0, 0.1) is 32.4 Å². The van der Waals surface area contributed by atoms with E-state index in [9.17, 15) is 22.8 Å². The van der Waals surface area contributed by atoms with Gasteiger partial charge in [0.25, 0.3) is 0 Å². The Morgan fingerprint density at radius 3 is 2.03 bits per heavy atom. The number of pyridine rings is 4. The molecule has 0 bridgehead atoms. The molecule has 2 fully saturated rings. The topological polar surface area (TPSA) is 174 Å². The molecule has 4 aromatic heterocycles. The van der Waals surface area contributed by atoms with Crippen molar-refractivity contribution in [1.82, 2.24) is 19.1 Å². The summed E-state index contributed by atoms with van der Waals surface area (Å²) in [5, 5.41) is 6.58. The van der Waals surface area contributed by atoms with Crippen LogP contribution < -0.4 is 42.4 Å². The minimum Gasteiger partial charge on any atom is -0.487 e. The summed E-state index contributed by atoms with van der Waals surface area (Å²) >= 11 is 0. The lowest BCUT2D eigenvalue weighted by Crippen LogP contribution is -2.44. The molecule has 2 aromatic carbocycles. The summed E-state index contributed by atoms with van der Waals surface area (Å²) in [6, 6.07) is 7.81. The van der Waals surface area contributed by atoms with Gasteiger partial charge in [-0.1, -0.05) is 18.9 Å². The molecule has 2 spiro atoms. The number of nitrogens with one attached hydrogen (secondary N) is 2. The third-order valence-corrected chi connectivity index (χ3v) is 13.9. The number of nitrogens with zero attached hydrogens (tertiary/aromatic N) is 4. The van der Waals surface area contributed by atoms with Gasteiger partial charge in [0, 0.05) is 66.0 Å². The zero-order valence-electron chi connectivity index (χ0n) is 38.5. The van der Waals surface area contributed by atoms with Gasteiger partial charge in [-0.15, -0.1) is 0 Å². The lowest BCUT2D eigenvalue weighted by molar-refractivity contribution is -0.137. The molecular formula is C50H55F5N8O5. The second-order valence-corrected chi connectivity index (χ2v) is 18.8. The number of alkyl halides is 3. The van der Waals surface area contributed by atoms with Gasteiger partial charge in [-0.05, 0) is 96.9 Å². The second-order valence-electron chi connectivity index (χ2n) is 18.8. The first-order chi connectivity index (χ1) is 32.4. The van der Waals surface area contributed by atoms with Gasteiger partial charge in [0.2, 0.25) is 0 Å². The highest BCUT2D eigenvalue weighted by molar-refractivity contribution is 6.02. The highest BCUT2D eigenvalue weighted by Gasteiger charge is 2.44. The number of benzene rings is 2. The summed E-state index contributed by atoms with van der Waals surface area (Å²) < 4.78 is 92.3. The van der Waals surface area contributed by atoms with Gasteiger partial charge < -0.3 is 45.4 Å². The van der Waals surface area contributed by atoms with Gasteiger partial charge in [0.05, 0.1) is 50.9 Å². The molecule has 0 radical (unpaired) electrons. The van der Waals surface area contributed by atoms with Crippen LogP contribution in [0.2, 0.25) is 0 Å². The quantitative estimate of drug-likeness (QED) is 0.0587. The molecule has 2 atom stereocenters. The summed E-state index contributed by atoms with van der Waals surface area (Å²) in [6.07, 6.45) is 7.98. The summed E-state index contributed by atoms with van der Waals surface area (Å²) in [6.45, 7) is 8.81. The lowest BCUT2D eigenvalue weighted by atomic mass is 9.93. The van der Waals surface area contributed by atoms with Gasteiger partial charge in [0.1, 0.15) is 30.1 Å². The van der Waals surface area contributed by atoms with E-state index < -0.39 is 28.9 Å². The first-order valence-corrected chi connectivity index (χ1v) is 23.1. The Bertz CT molecular complexity index is 3050. The van der Waals surface area contributed by atoms with E-state index in [2.05, 4.69) is 25.2 Å². The molecule has 68 heavy (non-hydrogen) atoms. The molecule has 7 heterocycles. The molecule has 10 rings (SSSR count). The van der Waals surface area contributed by atoms with E-state index in [1.54, 1.807) is 26.2 Å². The Morgan fingerprint density at radius 1 is 0.809 bits per heavy atom. The van der Waals surface area contributed by atoms with Crippen molar-refractivity contribution in [2.45, 2.75) is 109 Å². The zero-order valence-corrected chi connectivity index (χ0v) is 38.5. The van der Waals surface area contributed by atoms with Gasteiger partial charge in [-0.2, -0.15) is 13.2 Å². The Balaban J connectivity index is 0.000000171. The number of nitrogen functional groups attached to an aromatic ring is 2. The van der Waals surface area contributed by atoms with Crippen LogP contribution in [0.15, 0.2) is 58.5 Å². The van der Waals surface area contributed by atoms with Crippen LogP contribution in [0.3, 0.4) is 0 Å². The molecule has 1 aliphatic carbocycles. The fourth-order valence-electron chi connectivity index (χ4n) is 10.3. The van der Waals surface area contributed by atoms with Crippen LogP contribution in [-0.4, -0.2) is 58.1 Å². The van der Waals surface area contributed by atoms with Gasteiger partial charge in [-0.25, -0.2) is 8.78 Å². The van der Waals surface area contributed by atoms with Crippen molar-refractivity contribution in [3.63, 3.8) is 0 Å². The van der Waals surface area contributed by atoms with Crippen LogP contribution >= 0.6 is 0 Å². The van der Waals surface area contributed by atoms with Crippen molar-refractivity contribution in [2.75, 3.05) is 55.1 Å². The maximum atomic E-state index is 15.5. The Labute approximate surface area is 389 Å². The molecule has 1 saturated carbocycles. The minimum absolute atomic E-state index is 0.0268. The molecule has 0 amide bonds. The summed E-state index contributed by atoms with van der Waals surface area (Å²) in [7, 11) is 0. The monoisotopic (exact) mass is 942 g/mol. The number of hydrogen-bond acceptors (Lipinski definition) is 11. The van der Waals surface area contributed by atoms with Crippen molar-refractivity contribution >= 4 is 44.6 Å². The fourth-order valence-corrected chi connectivity index (χ4v) is 10.3. The molecular weight excluding hydrogens is 888 g/mol. The molecule has 3 aliphatic heterocycles. The normalized spacial score (nSPS) is 18.4. The minimum atomic E-state index is -4.46. The van der Waals surface area contributed by atoms with Gasteiger partial charge in [0.15, 0.2) is 34.0 Å². The molecule has 18 heteroatoms. The highest BCUT2D eigenvalue weighted by Crippen LogP contribution is 2.50. The van der Waals surface area contributed by atoms with E-state index >= 15 is 8.78 Å². The third-order valence-electron chi connectivity index (χ3n) is 13.9. The van der Waals surface area contributed by atoms with Crippen molar-refractivity contribution in [3.8, 4) is 11.5 Å². The second kappa shape index (κ2) is 17.9. The summed E-state index contributed by atoms with van der Waals surface area (Å²) in [5.41, 5.74) is 13.8. The fraction of sp³-hybridized carbons (Fsp3) is 0.440. The van der Waals surface area contributed by atoms with Crippen LogP contribution in [0.4, 0.5) is 44.7 Å². The number of anilines is 4. The molecule has 13 nitrogen and oxygen atoms in total. The predicted octanol–water partition coefficient (Wildman–Crippen LogP) is 8.83. The lowest BCUT2D eigenvalue weighted by Gasteiger charge is -2.39. The standard InChI is InChI=1S/C25H26F4N4O3.C25H29FN4O2/c1-13-10-33-21-17(22(13)34)19(30)18(26)20(23(21)36-12-24(33)5-7-35-11-24)31-6-3-4-16-9-15(25(27,28)29)8-14(2)32-16;1-15-13-30-22-18(23(15)31)20(27)19(26)21(24(22)32-14-25(30)10-4-5-11-25)29-16(2)8-9-17-7-3-6-12-28-17/h8-10,31H,3-7,11-12,30H2,1-2H3;3,6-7,12-13,16,29H,4-5,8-11,14,27H2,1-2H3. The number of aromatic nitrogens is 4. The smallest absolute Gasteiger partial charge is 0.416 e. The van der Waals surface area contributed by atoms with Crippen molar-refractivity contribution in [2.24, 2.45) is 0 Å². The molecule has 6 aromatic rings. The first-order valence-electron chi connectivity index (χ1n) is 23.1. The maximum Gasteiger partial charge on any atom is 0.416 e. The van der Waals surface area contributed by atoms with E-state index in [0.29, 0.717) is 66.3 Å². The number of ether oxygens (including phenoxy) is 3. The molecule has 6 N–H and O–H groups in total. The van der Waals surface area contributed by atoms with E-state index in [4.69, 9.17) is 25.7 Å². The number of hydrogen-bond donors (Lipinski definition) is 4. The molecule has 1 saturated heterocycles. The summed E-state index contributed by atoms with van der Waals surface area (Å²) in [5.74, 6) is -0.822. The number of aryl methyl sites for hydroxylation is 5. The van der Waals surface area contributed by atoms with E-state index in [1.165, 1.54) is 6.92 Å². The van der Waals surface area contributed by atoms with Crippen molar-refractivity contribution in [3.05, 3.63) is 115 Å². The molecule has 360 valence electrons. The van der Waals surface area contributed by atoms with Gasteiger partial charge in [-0.3, -0.25) is 19.6 Å². The maximum absolute atomic E-state index is 15.5. The molecule has 2 unspecified atom stereocenters. The van der Waals surface area contributed by atoms with Crippen LogP contribution in [0.25, 0.3) is 21.8 Å². The van der Waals surface area contributed by atoms with Crippen molar-refractivity contribution in [1.29, 1.82) is 0 Å². The predicted molar refractivity (Wildman–Crippen MR) is 252 cm³/mol. The molecule has 4 aliphatic rings. The summed E-state index contributed by atoms with van der Waals surface area (Å²) in [4.78, 5) is 34.5. The Hall–Kier alpha value is -6.43. The number of fused-ring (bicyclic) bond motifs is 2.